The Bertz CT molecular complexity index is 2020. The molecule has 0 aliphatic carbocycles. The van der Waals surface area contributed by atoms with Crippen molar-refractivity contribution in [1.29, 1.82) is 0 Å². The molecule has 3 fully saturated rings. The van der Waals surface area contributed by atoms with E-state index in [9.17, 15) is 61.0 Å². The van der Waals surface area contributed by atoms with Gasteiger partial charge in [-0.1, -0.05) is 194 Å². The molecule has 3 aliphatic heterocycles. The molecule has 0 aromatic carbocycles. The molecule has 1 amide bonds. The number of rotatable bonds is 48. The molecule has 88 heavy (non-hydrogen) atoms. The number of aliphatic hydroxyl groups is 11. The van der Waals surface area contributed by atoms with Crippen molar-refractivity contribution in [2.45, 2.75) is 291 Å². The van der Waals surface area contributed by atoms with Crippen LogP contribution >= 0.6 is 0 Å². The summed E-state index contributed by atoms with van der Waals surface area (Å²) in [6, 6.07) is -1.02. The molecule has 0 saturated carbocycles. The maximum atomic E-state index is 13.4. The Morgan fingerprint density at radius 3 is 1.27 bits per heavy atom. The van der Waals surface area contributed by atoms with Crippen molar-refractivity contribution < 1.29 is 89.4 Å². The molecule has 504 valence electrons. The molecular formula is C69H115NO18. The smallest absolute Gasteiger partial charge is 0.220 e. The molecule has 19 nitrogen and oxygen atoms in total. The highest BCUT2D eigenvalue weighted by Gasteiger charge is 2.53. The van der Waals surface area contributed by atoms with Gasteiger partial charge in [0.1, 0.15) is 73.2 Å². The Balaban J connectivity index is 1.50. The highest BCUT2D eigenvalue weighted by Crippen LogP contribution is 2.33. The number of unbranched alkanes of at least 4 members (excludes halogenated alkanes) is 16. The Kier molecular flexibility index (Phi) is 44.8. The molecule has 3 heterocycles. The lowest BCUT2D eigenvalue weighted by atomic mass is 9.96. The second-order valence-electron chi connectivity index (χ2n) is 23.2. The van der Waals surface area contributed by atoms with Crippen LogP contribution in [0.3, 0.4) is 0 Å². The van der Waals surface area contributed by atoms with Gasteiger partial charge < -0.3 is 89.9 Å². The predicted molar refractivity (Wildman–Crippen MR) is 341 cm³/mol. The van der Waals surface area contributed by atoms with E-state index in [4.69, 9.17) is 28.4 Å². The minimum absolute atomic E-state index is 0.195. The molecule has 0 radical (unpaired) electrons. The van der Waals surface area contributed by atoms with Crippen LogP contribution in [0.1, 0.15) is 187 Å². The molecule has 12 N–H and O–H groups in total. The quantitative estimate of drug-likeness (QED) is 0.0204. The summed E-state index contributed by atoms with van der Waals surface area (Å²) in [6.45, 7) is 1.55. The molecule has 3 aliphatic rings. The van der Waals surface area contributed by atoms with Crippen LogP contribution in [-0.4, -0.2) is 193 Å². The van der Waals surface area contributed by atoms with Crippen molar-refractivity contribution in [3.05, 3.63) is 109 Å². The van der Waals surface area contributed by atoms with Crippen molar-refractivity contribution in [1.82, 2.24) is 5.32 Å². The zero-order valence-electron chi connectivity index (χ0n) is 52.9. The first-order valence-electron chi connectivity index (χ1n) is 33.1. The van der Waals surface area contributed by atoms with E-state index in [2.05, 4.69) is 116 Å². The molecule has 17 unspecified atom stereocenters. The average molecular weight is 1250 g/mol. The highest BCUT2D eigenvalue weighted by atomic mass is 16.8. The summed E-state index contributed by atoms with van der Waals surface area (Å²) in [5, 5.41) is 120. The first-order valence-corrected chi connectivity index (χ1v) is 33.1. The van der Waals surface area contributed by atoms with Crippen LogP contribution in [0.4, 0.5) is 0 Å². The summed E-state index contributed by atoms with van der Waals surface area (Å²) in [5.74, 6) is -0.319. The number of hydrogen-bond acceptors (Lipinski definition) is 18. The van der Waals surface area contributed by atoms with E-state index in [0.717, 1.165) is 89.9 Å². The van der Waals surface area contributed by atoms with Crippen molar-refractivity contribution in [2.75, 3.05) is 26.4 Å². The maximum absolute atomic E-state index is 13.4. The number of nitrogens with one attached hydrogen (secondary N) is 1. The topological polar surface area (TPSA) is 307 Å². The lowest BCUT2D eigenvalue weighted by Gasteiger charge is -2.48. The minimum atomic E-state index is -1.99. The van der Waals surface area contributed by atoms with Gasteiger partial charge in [-0.15, -0.1) is 0 Å². The second-order valence-corrected chi connectivity index (χ2v) is 23.2. The first kappa shape index (κ1) is 78.7. The molecule has 3 rings (SSSR count). The molecule has 0 aromatic rings. The third kappa shape index (κ3) is 32.1. The van der Waals surface area contributed by atoms with Gasteiger partial charge in [0.25, 0.3) is 0 Å². The van der Waals surface area contributed by atoms with Crippen molar-refractivity contribution >= 4 is 5.91 Å². The summed E-state index contributed by atoms with van der Waals surface area (Å²) >= 11 is 0. The SMILES string of the molecule is CC/C=C\C/C=C\C/C=C\C/C=C\C/C=C\C/C=C\CCCCCCC(=O)NC(COC1OC(CO)C(OC2OC(CO)C(OC3OC(CO)C(O)C(O)C3O)C(O)C2O)C(O)C1O)C(O)/C=C/CC/C=C/CC/C=C/CCCCCCCCCCCC. The summed E-state index contributed by atoms with van der Waals surface area (Å²) in [7, 11) is 0. The number of ether oxygens (including phenoxy) is 6. The maximum Gasteiger partial charge on any atom is 0.220 e. The van der Waals surface area contributed by atoms with Gasteiger partial charge in [0.2, 0.25) is 5.91 Å². The van der Waals surface area contributed by atoms with Gasteiger partial charge in [-0.05, 0) is 96.3 Å². The molecule has 0 bridgehead atoms. The Morgan fingerprint density at radius 2 is 0.795 bits per heavy atom. The van der Waals surface area contributed by atoms with Crippen LogP contribution < -0.4 is 5.32 Å². The van der Waals surface area contributed by atoms with E-state index < -0.39 is 131 Å². The van der Waals surface area contributed by atoms with E-state index in [1.165, 1.54) is 64.2 Å². The van der Waals surface area contributed by atoms with E-state index in [-0.39, 0.29) is 12.3 Å². The van der Waals surface area contributed by atoms with Crippen LogP contribution in [0.2, 0.25) is 0 Å². The second kappa shape index (κ2) is 50.1. The highest BCUT2D eigenvalue weighted by molar-refractivity contribution is 5.76. The number of aliphatic hydroxyl groups excluding tert-OH is 11. The summed E-state index contributed by atoms with van der Waals surface area (Å²) < 4.78 is 34.3. The predicted octanol–water partition coefficient (Wildman–Crippen LogP) is 7.88. The van der Waals surface area contributed by atoms with Crippen molar-refractivity contribution in [3.8, 4) is 0 Å². The van der Waals surface area contributed by atoms with E-state index in [0.29, 0.717) is 12.8 Å². The fourth-order valence-electron chi connectivity index (χ4n) is 10.4. The van der Waals surface area contributed by atoms with Gasteiger partial charge in [0.15, 0.2) is 18.9 Å². The number of allylic oxidation sites excluding steroid dienone is 17. The van der Waals surface area contributed by atoms with Gasteiger partial charge in [-0.25, -0.2) is 0 Å². The van der Waals surface area contributed by atoms with Gasteiger partial charge in [0, 0.05) is 6.42 Å². The first-order chi connectivity index (χ1) is 42.8. The van der Waals surface area contributed by atoms with Gasteiger partial charge in [-0.3, -0.25) is 4.79 Å². The Hall–Kier alpha value is -3.55. The number of carbonyl (C=O) groups excluding carboxylic acids is 1. The van der Waals surface area contributed by atoms with E-state index >= 15 is 0 Å². The molecule has 3 saturated heterocycles. The summed E-state index contributed by atoms with van der Waals surface area (Å²) in [5.41, 5.74) is 0. The van der Waals surface area contributed by atoms with Gasteiger partial charge >= 0.3 is 0 Å². The van der Waals surface area contributed by atoms with E-state index in [1.807, 2.05) is 6.08 Å². The van der Waals surface area contributed by atoms with Crippen LogP contribution in [-0.2, 0) is 33.2 Å². The number of carbonyl (C=O) groups is 1. The lowest BCUT2D eigenvalue weighted by molar-refractivity contribution is -0.379. The summed E-state index contributed by atoms with van der Waals surface area (Å²) in [6.07, 6.45) is 39.1. The van der Waals surface area contributed by atoms with Crippen molar-refractivity contribution in [3.63, 3.8) is 0 Å². The lowest BCUT2D eigenvalue weighted by Crippen LogP contribution is -2.66. The number of amides is 1. The largest absolute Gasteiger partial charge is 0.394 e. The minimum Gasteiger partial charge on any atom is -0.394 e. The molecule has 17 atom stereocenters. The van der Waals surface area contributed by atoms with E-state index in [1.54, 1.807) is 6.08 Å². The Labute approximate surface area is 525 Å². The third-order valence-corrected chi connectivity index (χ3v) is 15.8. The van der Waals surface area contributed by atoms with Crippen LogP contribution in [0.25, 0.3) is 0 Å². The zero-order chi connectivity index (χ0) is 64.0. The molecular weight excluding hydrogens is 1130 g/mol. The fourth-order valence-corrected chi connectivity index (χ4v) is 10.4. The zero-order valence-corrected chi connectivity index (χ0v) is 52.9. The fraction of sp³-hybridized carbons (Fsp3) is 0.725. The molecule has 0 spiro atoms. The van der Waals surface area contributed by atoms with Crippen LogP contribution in [0.5, 0.6) is 0 Å². The normalized spacial score (nSPS) is 29.1. The van der Waals surface area contributed by atoms with Gasteiger partial charge in [-0.2, -0.15) is 0 Å². The monoisotopic (exact) mass is 1250 g/mol. The molecule has 0 aromatic heterocycles. The van der Waals surface area contributed by atoms with Crippen LogP contribution in [0.15, 0.2) is 109 Å². The van der Waals surface area contributed by atoms with Gasteiger partial charge in [0.05, 0.1) is 38.6 Å². The number of hydrogen-bond donors (Lipinski definition) is 12. The molecule has 19 heteroatoms. The summed E-state index contributed by atoms with van der Waals surface area (Å²) in [4.78, 5) is 13.4. The third-order valence-electron chi connectivity index (χ3n) is 15.8. The van der Waals surface area contributed by atoms with Crippen LogP contribution in [0, 0.1) is 0 Å². The standard InChI is InChI=1S/C69H115NO18/c1-3-5-7-9-11-13-15-17-19-21-23-25-26-27-29-31-33-35-37-39-41-43-45-47-57(75)70-52(53(74)46-44-42-40-38-36-34-32-30-28-24-22-20-18-16-14-12-10-8-6-4-2)51-83-67-63(81)60(78)65(55(49-72)85-67)88-69-64(82)61(79)66(56(50-73)86-69)87-68-62(80)59(77)58(76)54(48-71)84-68/h5,7,11,13,17,19,23,25,27-30,33,35-36,38,44,46,52-56,58-69,71-74,76-82H,3-4,6,8-10,12,14-16,18,20-22,24,26,31-32,34,37,39-43,45,47-51H2,1-2H3,(H,70,75)/b7-5-,13-11-,19-17-,25-23-,29-27-,30-28+,35-33-,38-36+,46-44+. The average Bonchev–Trinajstić information content (AvgIpc) is 3.71. The Morgan fingerprint density at radius 1 is 0.420 bits per heavy atom. The van der Waals surface area contributed by atoms with Crippen molar-refractivity contribution in [2.24, 2.45) is 0 Å².